The van der Waals surface area contributed by atoms with Crippen LogP contribution in [-0.4, -0.2) is 59.9 Å². The van der Waals surface area contributed by atoms with Crippen LogP contribution in [0.25, 0.3) is 0 Å². The van der Waals surface area contributed by atoms with Gasteiger partial charge in [0, 0.05) is 31.7 Å². The molecule has 2 atom stereocenters. The molecule has 23 heavy (non-hydrogen) atoms. The van der Waals surface area contributed by atoms with Gasteiger partial charge in [-0.2, -0.15) is 0 Å². The van der Waals surface area contributed by atoms with Crippen molar-refractivity contribution in [1.82, 2.24) is 15.1 Å². The fourth-order valence-electron chi connectivity index (χ4n) is 3.90. The summed E-state index contributed by atoms with van der Waals surface area (Å²) >= 11 is 0. The third kappa shape index (κ3) is 3.01. The average molecular weight is 336 g/mol. The van der Waals surface area contributed by atoms with E-state index < -0.39 is 0 Å². The highest BCUT2D eigenvalue weighted by atomic mass is 35.5. The number of fused-ring (bicyclic) bond motifs is 3. The Morgan fingerprint density at radius 2 is 1.61 bits per heavy atom. The van der Waals surface area contributed by atoms with Crippen LogP contribution in [0.5, 0.6) is 0 Å². The second-order valence-electron chi connectivity index (χ2n) is 6.53. The molecule has 3 aliphatic rings. The first-order chi connectivity index (χ1) is 10.7. The average Bonchev–Trinajstić information content (AvgIpc) is 2.98. The predicted octanol–water partition coefficient (Wildman–Crippen LogP) is 1.53. The van der Waals surface area contributed by atoms with E-state index in [2.05, 4.69) is 10.2 Å². The number of rotatable bonds is 3. The highest BCUT2D eigenvalue weighted by Gasteiger charge is 2.35. The molecule has 5 nitrogen and oxygen atoms in total. The molecule has 3 aliphatic heterocycles. The summed E-state index contributed by atoms with van der Waals surface area (Å²) < 4.78 is 0. The lowest BCUT2D eigenvalue weighted by Crippen LogP contribution is -2.41. The molecule has 4 rings (SSSR count). The Bertz CT molecular complexity index is 587. The highest BCUT2D eigenvalue weighted by Crippen LogP contribution is 2.23. The van der Waals surface area contributed by atoms with Gasteiger partial charge in [-0.15, -0.1) is 12.4 Å². The minimum Gasteiger partial charge on any atom is -0.310 e. The molecule has 0 aromatic heterocycles. The molecule has 0 aliphatic carbocycles. The third-order valence-electron chi connectivity index (χ3n) is 5.13. The second kappa shape index (κ2) is 6.59. The van der Waals surface area contributed by atoms with Crippen molar-refractivity contribution in [1.29, 1.82) is 0 Å². The van der Waals surface area contributed by atoms with E-state index in [4.69, 9.17) is 0 Å². The van der Waals surface area contributed by atoms with Crippen LogP contribution in [0.15, 0.2) is 24.3 Å². The van der Waals surface area contributed by atoms with E-state index in [1.807, 2.05) is 12.1 Å². The molecule has 1 aromatic rings. The Labute approximate surface area is 142 Å². The van der Waals surface area contributed by atoms with E-state index in [0.29, 0.717) is 29.8 Å². The van der Waals surface area contributed by atoms with Crippen LogP contribution in [0.2, 0.25) is 0 Å². The Balaban J connectivity index is 0.00000156. The van der Waals surface area contributed by atoms with E-state index in [9.17, 15) is 9.59 Å². The van der Waals surface area contributed by atoms with Crippen molar-refractivity contribution < 1.29 is 9.59 Å². The standard InChI is InChI=1S/C17H21N3O2.ClH/c21-16-14-3-1-2-4-15(14)17(22)20(16)10-9-19-8-7-12-5-6-13(11-19)18-12;/h1-4,12-13,18H,5-11H2;1H. The van der Waals surface area contributed by atoms with Crippen molar-refractivity contribution >= 4 is 24.2 Å². The summed E-state index contributed by atoms with van der Waals surface area (Å²) in [5.74, 6) is -0.287. The number of amides is 2. The topological polar surface area (TPSA) is 52.7 Å². The lowest BCUT2D eigenvalue weighted by atomic mass is 10.1. The SMILES string of the molecule is Cl.O=C1c2ccccc2C(=O)N1CCN1CCC2CCC(C1)N2. The van der Waals surface area contributed by atoms with Crippen molar-refractivity contribution in [3.05, 3.63) is 35.4 Å². The molecule has 0 spiro atoms. The number of hydrogen-bond acceptors (Lipinski definition) is 4. The van der Waals surface area contributed by atoms with Crippen LogP contribution in [-0.2, 0) is 0 Å². The van der Waals surface area contributed by atoms with Gasteiger partial charge < -0.3 is 5.32 Å². The summed E-state index contributed by atoms with van der Waals surface area (Å²) in [5.41, 5.74) is 1.09. The van der Waals surface area contributed by atoms with Gasteiger partial charge in [-0.05, 0) is 37.9 Å². The first-order valence-electron chi connectivity index (χ1n) is 8.16. The minimum absolute atomic E-state index is 0. The summed E-state index contributed by atoms with van der Waals surface area (Å²) in [7, 11) is 0. The molecular formula is C17H22ClN3O2. The molecule has 2 bridgehead atoms. The quantitative estimate of drug-likeness (QED) is 0.851. The molecule has 6 heteroatoms. The lowest BCUT2D eigenvalue weighted by Gasteiger charge is -2.25. The van der Waals surface area contributed by atoms with Gasteiger partial charge in [0.05, 0.1) is 11.1 Å². The zero-order chi connectivity index (χ0) is 15.1. The van der Waals surface area contributed by atoms with Crippen LogP contribution in [0, 0.1) is 0 Å². The fourth-order valence-corrected chi connectivity index (χ4v) is 3.90. The summed E-state index contributed by atoms with van der Waals surface area (Å²) in [4.78, 5) is 28.5. The number of halogens is 1. The van der Waals surface area contributed by atoms with Crippen LogP contribution >= 0.6 is 12.4 Å². The number of benzene rings is 1. The minimum atomic E-state index is -0.143. The summed E-state index contributed by atoms with van der Waals surface area (Å²) in [5, 5.41) is 3.65. The maximum atomic E-state index is 12.3. The first kappa shape index (κ1) is 16.4. The Hall–Kier alpha value is -1.43. The molecule has 0 radical (unpaired) electrons. The van der Waals surface area contributed by atoms with Crippen LogP contribution in [0.1, 0.15) is 40.0 Å². The second-order valence-corrected chi connectivity index (χ2v) is 6.53. The van der Waals surface area contributed by atoms with Gasteiger partial charge in [0.1, 0.15) is 0 Å². The van der Waals surface area contributed by atoms with E-state index in [1.165, 1.54) is 24.2 Å². The van der Waals surface area contributed by atoms with Crippen LogP contribution in [0.3, 0.4) is 0 Å². The van der Waals surface area contributed by atoms with E-state index in [-0.39, 0.29) is 24.2 Å². The van der Waals surface area contributed by atoms with Crippen molar-refractivity contribution in [2.75, 3.05) is 26.2 Å². The molecule has 2 amide bonds. The largest absolute Gasteiger partial charge is 0.310 e. The summed E-state index contributed by atoms with van der Waals surface area (Å²) in [6, 6.07) is 8.34. The normalized spacial score (nSPS) is 26.9. The van der Waals surface area contributed by atoms with E-state index >= 15 is 0 Å². The molecular weight excluding hydrogens is 314 g/mol. The Morgan fingerprint density at radius 1 is 0.957 bits per heavy atom. The monoisotopic (exact) mass is 335 g/mol. The predicted molar refractivity (Wildman–Crippen MR) is 90.1 cm³/mol. The molecule has 0 saturated carbocycles. The number of nitrogens with one attached hydrogen (secondary N) is 1. The molecule has 2 unspecified atom stereocenters. The number of likely N-dealkylation sites (tertiary alicyclic amines) is 1. The van der Waals surface area contributed by atoms with E-state index in [1.54, 1.807) is 12.1 Å². The lowest BCUT2D eigenvalue weighted by molar-refractivity contribution is 0.0635. The van der Waals surface area contributed by atoms with Crippen LogP contribution < -0.4 is 5.32 Å². The van der Waals surface area contributed by atoms with Gasteiger partial charge >= 0.3 is 0 Å². The number of imide groups is 1. The van der Waals surface area contributed by atoms with Crippen molar-refractivity contribution in [3.8, 4) is 0 Å². The van der Waals surface area contributed by atoms with Crippen LogP contribution in [0.4, 0.5) is 0 Å². The van der Waals surface area contributed by atoms with Gasteiger partial charge in [0.15, 0.2) is 0 Å². The zero-order valence-corrected chi connectivity index (χ0v) is 13.8. The zero-order valence-electron chi connectivity index (χ0n) is 13.0. The van der Waals surface area contributed by atoms with Crippen molar-refractivity contribution in [2.45, 2.75) is 31.3 Å². The fraction of sp³-hybridized carbons (Fsp3) is 0.529. The summed E-state index contributed by atoms with van der Waals surface area (Å²) in [6.07, 6.45) is 3.70. The third-order valence-corrected chi connectivity index (χ3v) is 5.13. The van der Waals surface area contributed by atoms with Crippen molar-refractivity contribution in [3.63, 3.8) is 0 Å². The van der Waals surface area contributed by atoms with Gasteiger partial charge in [0.2, 0.25) is 0 Å². The number of nitrogens with zero attached hydrogens (tertiary/aromatic N) is 2. The molecule has 124 valence electrons. The molecule has 1 aromatic carbocycles. The summed E-state index contributed by atoms with van der Waals surface area (Å²) in [6.45, 7) is 3.34. The van der Waals surface area contributed by atoms with Gasteiger partial charge in [-0.25, -0.2) is 0 Å². The number of carbonyl (C=O) groups is 2. The van der Waals surface area contributed by atoms with Gasteiger partial charge in [-0.3, -0.25) is 19.4 Å². The van der Waals surface area contributed by atoms with E-state index in [0.717, 1.165) is 19.6 Å². The van der Waals surface area contributed by atoms with Gasteiger partial charge in [-0.1, -0.05) is 12.1 Å². The number of carbonyl (C=O) groups excluding carboxylic acids is 2. The molecule has 3 heterocycles. The molecule has 2 fully saturated rings. The smallest absolute Gasteiger partial charge is 0.261 e. The first-order valence-corrected chi connectivity index (χ1v) is 8.16. The maximum absolute atomic E-state index is 12.3. The molecule has 2 saturated heterocycles. The highest BCUT2D eigenvalue weighted by molar-refractivity contribution is 6.21. The van der Waals surface area contributed by atoms with Crippen molar-refractivity contribution in [2.24, 2.45) is 0 Å². The van der Waals surface area contributed by atoms with Gasteiger partial charge in [0.25, 0.3) is 11.8 Å². The molecule has 1 N–H and O–H groups in total. The Kier molecular flexibility index (Phi) is 4.71. The Morgan fingerprint density at radius 3 is 2.30 bits per heavy atom. The number of hydrogen-bond donors (Lipinski definition) is 1. The maximum Gasteiger partial charge on any atom is 0.261 e.